The Labute approximate surface area is 99.6 Å². The fraction of sp³-hybridized carbons (Fsp3) is 1.00. The van der Waals surface area contributed by atoms with E-state index in [-0.39, 0.29) is 88.4 Å². The molecule has 0 spiro atoms. The standard InChI is InChI=1S/CH5N.3HI.Ni/c1-2;;;;/h2H2,1H3;3*1H;/q;;;;+2/p-2. The van der Waals surface area contributed by atoms with E-state index in [1.165, 1.54) is 0 Å². The van der Waals surface area contributed by atoms with Crippen LogP contribution in [0.3, 0.4) is 0 Å². The fourth-order valence-corrected chi connectivity index (χ4v) is 0. The average molecular weight is 471 g/mol. The van der Waals surface area contributed by atoms with Gasteiger partial charge in [-0.15, -0.1) is 0 Å². The van der Waals surface area contributed by atoms with Gasteiger partial charge in [0.05, 0.1) is 7.05 Å². The first-order chi connectivity index (χ1) is 1.00. The van der Waals surface area contributed by atoms with E-state index < -0.39 is 0 Å². The Balaban J connectivity index is -0.000000000833. The molecule has 0 aromatic rings. The van der Waals surface area contributed by atoms with Gasteiger partial charge in [-0.2, -0.15) is 0 Å². The predicted octanol–water partition coefficient (Wildman–Crippen LogP) is -10.1. The van der Waals surface area contributed by atoms with Gasteiger partial charge in [-0.1, -0.05) is 0 Å². The first-order valence-corrected chi connectivity index (χ1v) is 0.707. The van der Waals surface area contributed by atoms with Gasteiger partial charge in [0.25, 0.3) is 0 Å². The van der Waals surface area contributed by atoms with Crippen molar-refractivity contribution in [3.63, 3.8) is 0 Å². The Morgan fingerprint density at radius 1 is 0.833 bits per heavy atom. The predicted molar refractivity (Wildman–Crippen MR) is 8.81 cm³/mol. The molecule has 0 heterocycles. The van der Waals surface area contributed by atoms with Crippen LogP contribution in [0.4, 0.5) is 0 Å². The number of halogens is 3. The zero-order valence-electron chi connectivity index (χ0n) is 3.16. The number of quaternary nitrogens is 1. The molecule has 0 aliphatic heterocycles. The minimum Gasteiger partial charge on any atom is -1.00 e. The van der Waals surface area contributed by atoms with Crippen LogP contribution in [-0.4, -0.2) is 7.05 Å². The molecule has 0 aliphatic rings. The molecule has 0 amide bonds. The Morgan fingerprint density at radius 3 is 0.833 bits per heavy atom. The summed E-state index contributed by atoms with van der Waals surface area (Å²) < 4.78 is 0. The van der Waals surface area contributed by atoms with E-state index in [0.29, 0.717) is 0 Å². The molecule has 1 nitrogen and oxygen atoms in total. The molecule has 0 unspecified atom stereocenters. The summed E-state index contributed by atoms with van der Waals surface area (Å²) in [5, 5.41) is 0. The van der Waals surface area contributed by atoms with Crippen LogP contribution >= 0.6 is 0 Å². The summed E-state index contributed by atoms with van der Waals surface area (Å²) in [6.07, 6.45) is 0. The van der Waals surface area contributed by atoms with Crippen molar-refractivity contribution in [2.75, 3.05) is 7.05 Å². The van der Waals surface area contributed by atoms with E-state index in [0.717, 1.165) is 0 Å². The third kappa shape index (κ3) is 30.3. The number of hydrogen-bond donors (Lipinski definition) is 1. The fourth-order valence-electron chi connectivity index (χ4n) is 0. The van der Waals surface area contributed by atoms with E-state index in [9.17, 15) is 0 Å². The molecule has 0 radical (unpaired) electrons. The number of hydrogen-bond acceptors (Lipinski definition) is 0. The van der Waals surface area contributed by atoms with Crippen LogP contribution in [0.25, 0.3) is 0 Å². The molecule has 0 fully saturated rings. The molecule has 0 aliphatic carbocycles. The molecule has 0 saturated heterocycles. The second-order valence-electron chi connectivity index (χ2n) is 0. The van der Waals surface area contributed by atoms with Gasteiger partial charge < -0.3 is 77.7 Å². The van der Waals surface area contributed by atoms with Crippen molar-refractivity contribution in [1.29, 1.82) is 0 Å². The third-order valence-corrected chi connectivity index (χ3v) is 0. The van der Waals surface area contributed by atoms with Crippen LogP contribution in [0.1, 0.15) is 0 Å². The maximum absolute atomic E-state index is 3.25. The van der Waals surface area contributed by atoms with Gasteiger partial charge in [0.2, 0.25) is 0 Å². The molecule has 0 saturated carbocycles. The summed E-state index contributed by atoms with van der Waals surface area (Å²) in [6.45, 7) is 0. The van der Waals surface area contributed by atoms with Crippen LogP contribution in [0.2, 0.25) is 0 Å². The van der Waals surface area contributed by atoms with Crippen LogP contribution in [0.5, 0.6) is 0 Å². The summed E-state index contributed by atoms with van der Waals surface area (Å²) in [7, 11) is 1.75. The smallest absolute Gasteiger partial charge is 1.00 e. The SMILES string of the molecule is C[NH3+].[I-].[I-].[I-].[Ni+2]. The largest absolute Gasteiger partial charge is 2.00 e. The van der Waals surface area contributed by atoms with Gasteiger partial charge in [-0.3, -0.25) is 0 Å². The second-order valence-corrected chi connectivity index (χ2v) is 0. The van der Waals surface area contributed by atoms with E-state index in [1.807, 2.05) is 0 Å². The zero-order valence-corrected chi connectivity index (χ0v) is 10.6. The van der Waals surface area contributed by atoms with Crippen LogP contribution in [0.15, 0.2) is 0 Å². The maximum Gasteiger partial charge on any atom is 2.00 e. The molecular formula is CH6I3NNi. The van der Waals surface area contributed by atoms with Crippen LogP contribution in [0, 0.1) is 0 Å². The quantitative estimate of drug-likeness (QED) is 0.269. The molecule has 5 heteroatoms. The van der Waals surface area contributed by atoms with Crippen LogP contribution in [-0.2, 0) is 16.5 Å². The normalized spacial score (nSPS) is 1.00. The van der Waals surface area contributed by atoms with Crippen molar-refractivity contribution in [2.45, 2.75) is 0 Å². The first-order valence-electron chi connectivity index (χ1n) is 0.707. The zero-order chi connectivity index (χ0) is 2.00. The molecule has 0 aromatic heterocycles. The molecule has 0 atom stereocenters. The maximum atomic E-state index is 3.25. The molecule has 6 heavy (non-hydrogen) atoms. The van der Waals surface area contributed by atoms with E-state index in [1.54, 1.807) is 7.05 Å². The second kappa shape index (κ2) is 48.3. The topological polar surface area (TPSA) is 27.6 Å². The van der Waals surface area contributed by atoms with E-state index in [2.05, 4.69) is 5.73 Å². The van der Waals surface area contributed by atoms with Crippen molar-refractivity contribution < 1.29 is 94.2 Å². The summed E-state index contributed by atoms with van der Waals surface area (Å²) in [6, 6.07) is 0. The molecule has 0 bridgehead atoms. The molecule has 0 aromatic carbocycles. The van der Waals surface area contributed by atoms with Gasteiger partial charge in [0, 0.05) is 0 Å². The summed E-state index contributed by atoms with van der Waals surface area (Å²) >= 11 is 0. The first kappa shape index (κ1) is 38.0. The monoisotopic (exact) mass is 471 g/mol. The van der Waals surface area contributed by atoms with Gasteiger partial charge >= 0.3 is 16.5 Å². The van der Waals surface area contributed by atoms with E-state index >= 15 is 0 Å². The van der Waals surface area contributed by atoms with Gasteiger partial charge in [0.15, 0.2) is 0 Å². The minimum atomic E-state index is 0. The van der Waals surface area contributed by atoms with Crippen molar-refractivity contribution in [3.8, 4) is 0 Å². The Hall–Kier alpha value is 2.64. The van der Waals surface area contributed by atoms with E-state index in [4.69, 9.17) is 0 Å². The van der Waals surface area contributed by atoms with Gasteiger partial charge in [-0.25, -0.2) is 0 Å². The summed E-state index contributed by atoms with van der Waals surface area (Å²) in [4.78, 5) is 0. The average Bonchev–Trinajstić information content (AvgIpc) is 1.00. The van der Waals surface area contributed by atoms with Crippen LogP contribution < -0.4 is 77.7 Å². The Kier molecular flexibility index (Phi) is 306. The van der Waals surface area contributed by atoms with Crippen molar-refractivity contribution in [2.24, 2.45) is 0 Å². The summed E-state index contributed by atoms with van der Waals surface area (Å²) in [5.41, 5.74) is 3.25. The molecule has 46 valence electrons. The van der Waals surface area contributed by atoms with Crippen molar-refractivity contribution >= 4 is 0 Å². The number of rotatable bonds is 0. The molecular weight excluding hydrogens is 465 g/mol. The Bertz CT molecular complexity index is 10.8. The third-order valence-electron chi connectivity index (χ3n) is 0. The van der Waals surface area contributed by atoms with Gasteiger partial charge in [-0.05, 0) is 0 Å². The Morgan fingerprint density at radius 2 is 0.833 bits per heavy atom. The molecule has 3 N–H and O–H groups in total. The minimum absolute atomic E-state index is 0. The summed E-state index contributed by atoms with van der Waals surface area (Å²) in [5.74, 6) is 0. The van der Waals surface area contributed by atoms with Crippen molar-refractivity contribution in [3.05, 3.63) is 0 Å². The van der Waals surface area contributed by atoms with Crippen molar-refractivity contribution in [1.82, 2.24) is 0 Å². The molecule has 0 rings (SSSR count). The van der Waals surface area contributed by atoms with Gasteiger partial charge in [0.1, 0.15) is 0 Å².